The van der Waals surface area contributed by atoms with Gasteiger partial charge in [-0.25, -0.2) is 4.39 Å². The minimum Gasteiger partial charge on any atom is -0.460 e. The fourth-order valence-electron chi connectivity index (χ4n) is 5.01. The van der Waals surface area contributed by atoms with E-state index in [2.05, 4.69) is 5.32 Å². The number of nitrogens with one attached hydrogen (secondary N) is 1. The van der Waals surface area contributed by atoms with E-state index in [1.54, 1.807) is 24.3 Å². The van der Waals surface area contributed by atoms with Crippen molar-refractivity contribution in [1.29, 1.82) is 0 Å². The summed E-state index contributed by atoms with van der Waals surface area (Å²) in [4.78, 5) is 25.6. The zero-order valence-electron chi connectivity index (χ0n) is 20.5. The minimum absolute atomic E-state index is 0.128. The molecule has 6 heteroatoms. The van der Waals surface area contributed by atoms with Gasteiger partial charge in [-0.3, -0.25) is 9.59 Å². The van der Waals surface area contributed by atoms with Crippen LogP contribution in [-0.4, -0.2) is 11.8 Å². The Hall–Kier alpha value is -4.71. The highest BCUT2D eigenvalue weighted by Gasteiger charge is 2.45. The highest BCUT2D eigenvalue weighted by molar-refractivity contribution is 6.07. The van der Waals surface area contributed by atoms with E-state index < -0.39 is 5.91 Å². The number of carbonyl (C=O) groups excluding carboxylic acids is 2. The van der Waals surface area contributed by atoms with Crippen LogP contribution in [0.4, 0.5) is 4.39 Å². The summed E-state index contributed by atoms with van der Waals surface area (Å²) in [5, 5.41) is 3.82. The Morgan fingerprint density at radius 1 is 0.868 bits per heavy atom. The quantitative estimate of drug-likeness (QED) is 0.271. The SMILES string of the molecule is NC(=O)c1c(Cc2ccc(F)cc2)oc2ccc(-c3cccc(C(=O)NC4(c5ccccc5)CC4)c3)cc12. The molecule has 0 spiro atoms. The maximum atomic E-state index is 13.3. The van der Waals surface area contributed by atoms with E-state index >= 15 is 0 Å². The lowest BCUT2D eigenvalue weighted by Crippen LogP contribution is -2.34. The zero-order chi connectivity index (χ0) is 26.3. The molecular formula is C32H25FN2O3. The molecule has 1 aliphatic carbocycles. The first-order valence-corrected chi connectivity index (χ1v) is 12.5. The highest BCUT2D eigenvalue weighted by atomic mass is 19.1. The van der Waals surface area contributed by atoms with E-state index in [0.29, 0.717) is 34.3 Å². The van der Waals surface area contributed by atoms with Crippen LogP contribution < -0.4 is 11.1 Å². The van der Waals surface area contributed by atoms with Crippen molar-refractivity contribution in [2.24, 2.45) is 5.73 Å². The molecule has 5 nitrogen and oxygen atoms in total. The van der Waals surface area contributed by atoms with Gasteiger partial charge < -0.3 is 15.5 Å². The number of fused-ring (bicyclic) bond motifs is 1. The summed E-state index contributed by atoms with van der Waals surface area (Å²) in [6, 6.07) is 29.0. The number of hydrogen-bond donors (Lipinski definition) is 2. The second-order valence-electron chi connectivity index (χ2n) is 9.76. The molecule has 0 radical (unpaired) electrons. The number of hydrogen-bond acceptors (Lipinski definition) is 3. The van der Waals surface area contributed by atoms with Gasteiger partial charge in [0.05, 0.1) is 11.1 Å². The molecule has 6 rings (SSSR count). The number of nitrogens with two attached hydrogens (primary N) is 1. The Labute approximate surface area is 219 Å². The summed E-state index contributed by atoms with van der Waals surface area (Å²) >= 11 is 0. The molecule has 3 N–H and O–H groups in total. The van der Waals surface area contributed by atoms with Crippen LogP contribution in [0, 0.1) is 5.82 Å². The van der Waals surface area contributed by atoms with Crippen molar-refractivity contribution in [3.05, 3.63) is 131 Å². The molecule has 4 aromatic carbocycles. The van der Waals surface area contributed by atoms with Gasteiger partial charge in [0.1, 0.15) is 17.2 Å². The van der Waals surface area contributed by atoms with Gasteiger partial charge in [-0.2, -0.15) is 0 Å². The molecule has 0 saturated heterocycles. The van der Waals surface area contributed by atoms with Crippen LogP contribution in [0.3, 0.4) is 0 Å². The molecule has 0 bridgehead atoms. The predicted molar refractivity (Wildman–Crippen MR) is 144 cm³/mol. The molecule has 0 atom stereocenters. The summed E-state index contributed by atoms with van der Waals surface area (Å²) in [5.74, 6) is -0.625. The van der Waals surface area contributed by atoms with E-state index in [0.717, 1.165) is 35.1 Å². The Morgan fingerprint density at radius 2 is 1.61 bits per heavy atom. The number of halogens is 1. The Kier molecular flexibility index (Phi) is 5.80. The molecule has 1 saturated carbocycles. The third-order valence-electron chi connectivity index (χ3n) is 7.17. The van der Waals surface area contributed by atoms with Crippen molar-refractivity contribution in [3.63, 3.8) is 0 Å². The predicted octanol–water partition coefficient (Wildman–Crippen LogP) is 6.35. The fraction of sp³-hybridized carbons (Fsp3) is 0.125. The van der Waals surface area contributed by atoms with Crippen molar-refractivity contribution in [2.45, 2.75) is 24.8 Å². The minimum atomic E-state index is -0.596. The first-order valence-electron chi connectivity index (χ1n) is 12.5. The highest BCUT2D eigenvalue weighted by Crippen LogP contribution is 2.45. The zero-order valence-corrected chi connectivity index (χ0v) is 20.5. The third kappa shape index (κ3) is 4.45. The standard InChI is InChI=1S/C32H25FN2O3/c33-25-12-9-20(10-13-25)17-28-29(30(34)36)26-19-22(11-14-27(26)38-28)21-5-4-6-23(18-21)31(37)35-32(15-16-32)24-7-2-1-3-8-24/h1-14,18-19H,15-17H2,(H2,34,36)(H,35,37). The first kappa shape index (κ1) is 23.7. The lowest BCUT2D eigenvalue weighted by Gasteiger charge is -2.18. The molecule has 5 aromatic rings. The lowest BCUT2D eigenvalue weighted by atomic mass is 9.98. The molecule has 38 heavy (non-hydrogen) atoms. The Balaban J connectivity index is 1.31. The van der Waals surface area contributed by atoms with Gasteiger partial charge in [0.2, 0.25) is 0 Å². The van der Waals surface area contributed by atoms with Gasteiger partial charge in [-0.05, 0) is 71.5 Å². The fourth-order valence-corrected chi connectivity index (χ4v) is 5.01. The largest absolute Gasteiger partial charge is 0.460 e. The van der Waals surface area contributed by atoms with Gasteiger partial charge in [-0.1, -0.05) is 60.7 Å². The summed E-state index contributed by atoms with van der Waals surface area (Å²) in [5.41, 5.74) is 10.4. The Bertz CT molecular complexity index is 1670. The van der Waals surface area contributed by atoms with Crippen molar-refractivity contribution >= 4 is 22.8 Å². The Morgan fingerprint density at radius 3 is 2.32 bits per heavy atom. The van der Waals surface area contributed by atoms with Crippen molar-refractivity contribution in [3.8, 4) is 11.1 Å². The van der Waals surface area contributed by atoms with Gasteiger partial charge in [0.25, 0.3) is 11.8 Å². The summed E-state index contributed by atoms with van der Waals surface area (Å²) in [7, 11) is 0. The van der Waals surface area contributed by atoms with E-state index in [9.17, 15) is 14.0 Å². The second kappa shape index (κ2) is 9.30. The maximum absolute atomic E-state index is 13.3. The summed E-state index contributed by atoms with van der Waals surface area (Å²) < 4.78 is 19.3. The van der Waals surface area contributed by atoms with E-state index in [4.69, 9.17) is 10.2 Å². The number of amides is 2. The van der Waals surface area contributed by atoms with Crippen LogP contribution in [0.25, 0.3) is 22.1 Å². The van der Waals surface area contributed by atoms with Crippen LogP contribution in [0.1, 0.15) is 50.4 Å². The molecule has 1 fully saturated rings. The average molecular weight is 505 g/mol. The van der Waals surface area contributed by atoms with Crippen LogP contribution in [0.2, 0.25) is 0 Å². The molecule has 1 heterocycles. The maximum Gasteiger partial charge on any atom is 0.252 e. The van der Waals surface area contributed by atoms with Crippen LogP contribution >= 0.6 is 0 Å². The smallest absolute Gasteiger partial charge is 0.252 e. The van der Waals surface area contributed by atoms with Gasteiger partial charge in [0, 0.05) is 17.4 Å². The van der Waals surface area contributed by atoms with Crippen molar-refractivity contribution < 1.29 is 18.4 Å². The average Bonchev–Trinajstić information content (AvgIpc) is 3.62. The lowest BCUT2D eigenvalue weighted by molar-refractivity contribution is 0.0929. The van der Waals surface area contributed by atoms with Crippen molar-refractivity contribution in [2.75, 3.05) is 0 Å². The number of carbonyl (C=O) groups is 2. The molecule has 1 aromatic heterocycles. The molecule has 0 unspecified atom stereocenters. The number of primary amides is 1. The van der Waals surface area contributed by atoms with E-state index in [1.165, 1.54) is 12.1 Å². The monoisotopic (exact) mass is 504 g/mol. The summed E-state index contributed by atoms with van der Waals surface area (Å²) in [6.45, 7) is 0. The number of rotatable bonds is 7. The molecule has 2 amide bonds. The third-order valence-corrected chi connectivity index (χ3v) is 7.17. The van der Waals surface area contributed by atoms with Crippen LogP contribution in [0.15, 0.2) is 101 Å². The molecular weight excluding hydrogens is 479 g/mol. The normalized spacial score (nSPS) is 13.8. The van der Waals surface area contributed by atoms with E-state index in [1.807, 2.05) is 60.7 Å². The topological polar surface area (TPSA) is 85.3 Å². The van der Waals surface area contributed by atoms with Crippen LogP contribution in [-0.2, 0) is 12.0 Å². The molecule has 1 aliphatic rings. The van der Waals surface area contributed by atoms with Gasteiger partial charge >= 0.3 is 0 Å². The number of furan rings is 1. The van der Waals surface area contributed by atoms with Crippen LogP contribution in [0.5, 0.6) is 0 Å². The van der Waals surface area contributed by atoms with Gasteiger partial charge in [-0.15, -0.1) is 0 Å². The molecule has 0 aliphatic heterocycles. The van der Waals surface area contributed by atoms with E-state index in [-0.39, 0.29) is 17.3 Å². The summed E-state index contributed by atoms with van der Waals surface area (Å²) in [6.07, 6.45) is 2.13. The number of benzene rings is 4. The van der Waals surface area contributed by atoms with Crippen molar-refractivity contribution in [1.82, 2.24) is 5.32 Å². The molecule has 188 valence electrons. The second-order valence-corrected chi connectivity index (χ2v) is 9.76. The first-order chi connectivity index (χ1) is 18.4. The van der Waals surface area contributed by atoms with Gasteiger partial charge in [0.15, 0.2) is 0 Å².